The third-order valence-electron chi connectivity index (χ3n) is 3.27. The zero-order valence-corrected chi connectivity index (χ0v) is 11.8. The van der Waals surface area contributed by atoms with Gasteiger partial charge >= 0.3 is 0 Å². The van der Waals surface area contributed by atoms with E-state index in [0.717, 1.165) is 23.4 Å². The molecule has 3 aromatic rings. The van der Waals surface area contributed by atoms with Crippen LogP contribution in [0.25, 0.3) is 10.9 Å². The van der Waals surface area contributed by atoms with Crippen LogP contribution in [0.1, 0.15) is 12.5 Å². The number of pyridine rings is 1. The molecule has 2 heterocycles. The van der Waals surface area contributed by atoms with Crippen LogP contribution in [0.3, 0.4) is 0 Å². The average Bonchev–Trinajstić information content (AvgIpc) is 2.51. The van der Waals surface area contributed by atoms with Gasteiger partial charge in [0.25, 0.3) is 5.56 Å². The summed E-state index contributed by atoms with van der Waals surface area (Å²) in [6.07, 6.45) is 3.34. The van der Waals surface area contributed by atoms with Crippen molar-refractivity contribution in [1.82, 2.24) is 14.5 Å². The van der Waals surface area contributed by atoms with Crippen molar-refractivity contribution in [2.75, 3.05) is 11.9 Å². The molecular weight excluding hydrogens is 264 g/mol. The maximum absolute atomic E-state index is 12.4. The molecule has 0 amide bonds. The molecule has 0 aliphatic rings. The highest BCUT2D eigenvalue weighted by atomic mass is 16.1. The molecule has 0 radical (unpaired) electrons. The quantitative estimate of drug-likeness (QED) is 0.796. The summed E-state index contributed by atoms with van der Waals surface area (Å²) in [6.45, 7) is 3.32. The van der Waals surface area contributed by atoms with Crippen LogP contribution in [0.2, 0.25) is 0 Å². The highest BCUT2D eigenvalue weighted by Gasteiger charge is 2.04. The van der Waals surface area contributed by atoms with Gasteiger partial charge in [0.2, 0.25) is 0 Å². The van der Waals surface area contributed by atoms with Crippen molar-refractivity contribution < 1.29 is 0 Å². The first kappa shape index (κ1) is 13.3. The molecule has 0 bridgehead atoms. The zero-order valence-electron chi connectivity index (χ0n) is 11.8. The Kier molecular flexibility index (Phi) is 3.64. The smallest absolute Gasteiger partial charge is 0.261 e. The van der Waals surface area contributed by atoms with Gasteiger partial charge in [-0.25, -0.2) is 9.97 Å². The van der Waals surface area contributed by atoms with E-state index in [1.54, 1.807) is 23.2 Å². The molecule has 0 atom stereocenters. The molecule has 0 saturated heterocycles. The summed E-state index contributed by atoms with van der Waals surface area (Å²) in [6, 6.07) is 11.2. The van der Waals surface area contributed by atoms with Gasteiger partial charge in [-0.05, 0) is 36.8 Å². The van der Waals surface area contributed by atoms with Gasteiger partial charge in [-0.3, -0.25) is 9.36 Å². The standard InChI is InChI=1S/C16H16N4O/c1-2-17-15-9-12(7-8-18-15)10-20-11-19-14-6-4-3-5-13(14)16(20)21/h3-9,11H,2,10H2,1H3,(H,17,18). The monoisotopic (exact) mass is 280 g/mol. The van der Waals surface area contributed by atoms with E-state index in [2.05, 4.69) is 15.3 Å². The summed E-state index contributed by atoms with van der Waals surface area (Å²) in [4.78, 5) is 21.0. The second-order valence-corrected chi connectivity index (χ2v) is 4.77. The van der Waals surface area contributed by atoms with Gasteiger partial charge in [0, 0.05) is 12.7 Å². The SMILES string of the molecule is CCNc1cc(Cn2cnc3ccccc3c2=O)ccn1. The minimum absolute atomic E-state index is 0.0255. The number of benzene rings is 1. The fourth-order valence-electron chi connectivity index (χ4n) is 2.27. The molecule has 0 aliphatic carbocycles. The molecule has 5 nitrogen and oxygen atoms in total. The Hall–Kier alpha value is -2.69. The molecule has 1 aromatic carbocycles. The maximum atomic E-state index is 12.4. The van der Waals surface area contributed by atoms with Gasteiger partial charge in [0.1, 0.15) is 5.82 Å². The normalized spacial score (nSPS) is 10.7. The van der Waals surface area contributed by atoms with Crippen LogP contribution < -0.4 is 10.9 Å². The maximum Gasteiger partial charge on any atom is 0.261 e. The van der Waals surface area contributed by atoms with Crippen molar-refractivity contribution in [3.8, 4) is 0 Å². The summed E-state index contributed by atoms with van der Waals surface area (Å²) in [7, 11) is 0. The first-order valence-electron chi connectivity index (χ1n) is 6.91. The second kappa shape index (κ2) is 5.75. The molecule has 0 spiro atoms. The Morgan fingerprint density at radius 3 is 2.90 bits per heavy atom. The molecule has 5 heteroatoms. The highest BCUT2D eigenvalue weighted by molar-refractivity contribution is 5.76. The molecule has 106 valence electrons. The lowest BCUT2D eigenvalue weighted by Crippen LogP contribution is -2.21. The molecular formula is C16H16N4O. The van der Waals surface area contributed by atoms with Crippen molar-refractivity contribution >= 4 is 16.7 Å². The van der Waals surface area contributed by atoms with Crippen molar-refractivity contribution in [2.45, 2.75) is 13.5 Å². The van der Waals surface area contributed by atoms with Crippen LogP contribution >= 0.6 is 0 Å². The van der Waals surface area contributed by atoms with Crippen LogP contribution in [-0.2, 0) is 6.54 Å². The van der Waals surface area contributed by atoms with Crippen LogP contribution in [0.15, 0.2) is 53.7 Å². The highest BCUT2D eigenvalue weighted by Crippen LogP contribution is 2.09. The fourth-order valence-corrected chi connectivity index (χ4v) is 2.27. The van der Waals surface area contributed by atoms with Crippen LogP contribution in [-0.4, -0.2) is 21.1 Å². The Morgan fingerprint density at radius 2 is 2.05 bits per heavy atom. The summed E-state index contributed by atoms with van der Waals surface area (Å²) >= 11 is 0. The Morgan fingerprint density at radius 1 is 1.19 bits per heavy atom. The first-order valence-corrected chi connectivity index (χ1v) is 6.91. The third kappa shape index (κ3) is 2.76. The van der Waals surface area contributed by atoms with E-state index < -0.39 is 0 Å². The summed E-state index contributed by atoms with van der Waals surface area (Å²) in [5, 5.41) is 3.80. The predicted octanol–water partition coefficient (Wildman–Crippen LogP) is 2.27. The lowest BCUT2D eigenvalue weighted by molar-refractivity contribution is 0.747. The zero-order chi connectivity index (χ0) is 14.7. The summed E-state index contributed by atoms with van der Waals surface area (Å²) < 4.78 is 1.62. The lowest BCUT2D eigenvalue weighted by atomic mass is 10.2. The van der Waals surface area contributed by atoms with Gasteiger partial charge in [0.05, 0.1) is 23.8 Å². The van der Waals surface area contributed by atoms with Crippen LogP contribution in [0, 0.1) is 0 Å². The molecule has 1 N–H and O–H groups in total. The molecule has 0 aliphatic heterocycles. The number of anilines is 1. The molecule has 0 saturated carbocycles. The van der Waals surface area contributed by atoms with Gasteiger partial charge < -0.3 is 5.32 Å². The lowest BCUT2D eigenvalue weighted by Gasteiger charge is -2.08. The number of hydrogen-bond donors (Lipinski definition) is 1. The van der Waals surface area contributed by atoms with Crippen LogP contribution in [0.4, 0.5) is 5.82 Å². The van der Waals surface area contributed by atoms with Crippen LogP contribution in [0.5, 0.6) is 0 Å². The molecule has 3 rings (SSSR count). The number of fused-ring (bicyclic) bond motifs is 1. The topological polar surface area (TPSA) is 59.8 Å². The summed E-state index contributed by atoms with van der Waals surface area (Å²) in [5.74, 6) is 0.816. The van der Waals surface area contributed by atoms with Gasteiger partial charge in [0.15, 0.2) is 0 Å². The van der Waals surface area contributed by atoms with E-state index in [1.807, 2.05) is 37.3 Å². The van der Waals surface area contributed by atoms with Gasteiger partial charge in [-0.15, -0.1) is 0 Å². The van der Waals surface area contributed by atoms with Crippen molar-refractivity contribution in [1.29, 1.82) is 0 Å². The van der Waals surface area contributed by atoms with Crippen molar-refractivity contribution in [3.05, 3.63) is 64.8 Å². The second-order valence-electron chi connectivity index (χ2n) is 4.77. The fraction of sp³-hybridized carbons (Fsp3) is 0.188. The average molecular weight is 280 g/mol. The minimum Gasteiger partial charge on any atom is -0.370 e. The number of aromatic nitrogens is 3. The molecule has 0 unspecified atom stereocenters. The van der Waals surface area contributed by atoms with Crippen molar-refractivity contribution in [3.63, 3.8) is 0 Å². The van der Waals surface area contributed by atoms with E-state index in [-0.39, 0.29) is 5.56 Å². The molecule has 21 heavy (non-hydrogen) atoms. The molecule has 2 aromatic heterocycles. The number of nitrogens with zero attached hydrogens (tertiary/aromatic N) is 3. The van der Waals surface area contributed by atoms with Gasteiger partial charge in [-0.1, -0.05) is 12.1 Å². The predicted molar refractivity (Wildman–Crippen MR) is 83.5 cm³/mol. The number of rotatable bonds is 4. The Balaban J connectivity index is 1.96. The Bertz CT molecular complexity index is 826. The van der Waals surface area contributed by atoms with E-state index in [4.69, 9.17) is 0 Å². The Labute approximate surface area is 122 Å². The molecule has 0 fully saturated rings. The third-order valence-corrected chi connectivity index (χ3v) is 3.27. The van der Waals surface area contributed by atoms with E-state index >= 15 is 0 Å². The first-order chi connectivity index (χ1) is 10.3. The number of hydrogen-bond acceptors (Lipinski definition) is 4. The van der Waals surface area contributed by atoms with Gasteiger partial charge in [-0.2, -0.15) is 0 Å². The van der Waals surface area contributed by atoms with E-state index in [0.29, 0.717) is 11.9 Å². The van der Waals surface area contributed by atoms with Crippen molar-refractivity contribution in [2.24, 2.45) is 0 Å². The van der Waals surface area contributed by atoms with E-state index in [1.165, 1.54) is 0 Å². The largest absolute Gasteiger partial charge is 0.370 e. The number of nitrogens with one attached hydrogen (secondary N) is 1. The minimum atomic E-state index is -0.0255. The number of para-hydroxylation sites is 1. The van der Waals surface area contributed by atoms with E-state index in [9.17, 15) is 4.79 Å². The summed E-state index contributed by atoms with van der Waals surface area (Å²) in [5.41, 5.74) is 1.71.